The lowest BCUT2D eigenvalue weighted by molar-refractivity contribution is -0.137. The Morgan fingerprint density at radius 1 is 1.15 bits per heavy atom. The van der Waals surface area contributed by atoms with Crippen LogP contribution in [-0.2, 0) is 11.3 Å². The molecule has 0 radical (unpaired) electrons. The maximum Gasteiger partial charge on any atom is 0.307 e. The third-order valence-electron chi connectivity index (χ3n) is 3.24. The van der Waals surface area contributed by atoms with Crippen LogP contribution in [0.1, 0.15) is 12.0 Å². The van der Waals surface area contributed by atoms with E-state index in [0.29, 0.717) is 13.0 Å². The number of hydrogen-bond donors (Lipinski definition) is 0. The van der Waals surface area contributed by atoms with Gasteiger partial charge in [-0.05, 0) is 32.5 Å². The van der Waals surface area contributed by atoms with Crippen LogP contribution in [-0.4, -0.2) is 43.2 Å². The van der Waals surface area contributed by atoms with Gasteiger partial charge < -0.3 is 9.74 Å². The molecule has 1 atom stereocenters. The van der Waals surface area contributed by atoms with Crippen molar-refractivity contribution in [1.29, 1.82) is 10.5 Å². The predicted molar refractivity (Wildman–Crippen MR) is 76.1 cm³/mol. The largest absolute Gasteiger partial charge is 0.326 e. The second kappa shape index (κ2) is 7.49. The van der Waals surface area contributed by atoms with Gasteiger partial charge in [0.05, 0.1) is 6.07 Å². The van der Waals surface area contributed by atoms with Crippen molar-refractivity contribution in [3.63, 3.8) is 0 Å². The highest BCUT2D eigenvalue weighted by Crippen LogP contribution is 2.22. The van der Waals surface area contributed by atoms with E-state index in [4.69, 9.17) is 10.1 Å². The van der Waals surface area contributed by atoms with Gasteiger partial charge in [-0.15, -0.1) is 10.3 Å². The van der Waals surface area contributed by atoms with Crippen LogP contribution in [0, 0.1) is 22.8 Å². The van der Waals surface area contributed by atoms with Crippen LogP contribution >= 0.6 is 0 Å². The zero-order chi connectivity index (χ0) is 15.0. The van der Waals surface area contributed by atoms with Crippen LogP contribution in [0.25, 0.3) is 0 Å². The van der Waals surface area contributed by atoms with Crippen molar-refractivity contribution in [1.82, 2.24) is 9.96 Å². The Labute approximate surface area is 120 Å². The highest BCUT2D eigenvalue weighted by Gasteiger charge is 2.37. The van der Waals surface area contributed by atoms with Crippen LogP contribution in [0.4, 0.5) is 0 Å². The van der Waals surface area contributed by atoms with Crippen LogP contribution in [0.5, 0.6) is 0 Å². The zero-order valence-corrected chi connectivity index (χ0v) is 12.2. The number of rotatable bonds is 7. The molecule has 0 saturated carbocycles. The molecule has 1 rings (SSSR count). The van der Waals surface area contributed by atoms with Gasteiger partial charge in [0.1, 0.15) is 0 Å². The first-order chi connectivity index (χ1) is 9.54. The number of nitrogens with zero attached hydrogens (tertiary/aromatic N) is 4. The lowest BCUT2D eigenvalue weighted by Crippen LogP contribution is -2.51. The second-order valence-electron chi connectivity index (χ2n) is 5.05. The highest BCUT2D eigenvalue weighted by molar-refractivity contribution is 5.17. The summed E-state index contributed by atoms with van der Waals surface area (Å²) in [7, 11) is 5.42. The molecule has 0 bridgehead atoms. The fourth-order valence-electron chi connectivity index (χ4n) is 2.17. The Morgan fingerprint density at radius 2 is 1.80 bits per heavy atom. The van der Waals surface area contributed by atoms with E-state index >= 15 is 0 Å². The quantitative estimate of drug-likeness (QED) is 0.559. The van der Waals surface area contributed by atoms with Crippen molar-refractivity contribution in [2.45, 2.75) is 18.4 Å². The standard InChI is InChI=1S/C15H20N4O/c1-18(2)12-15(11-16,19(3)20-13-17)10-9-14-7-5-4-6-8-14/h4-8H,9-10,12H2,1-3H3. The molecule has 1 unspecified atom stereocenters. The number of hydroxylamine groups is 2. The molecule has 0 aliphatic rings. The molecule has 106 valence electrons. The molecule has 0 fully saturated rings. The number of nitriles is 2. The second-order valence-corrected chi connectivity index (χ2v) is 5.05. The Kier molecular flexibility index (Phi) is 5.99. The molecule has 0 amide bonds. The first kappa shape index (κ1) is 16.0. The molecule has 0 N–H and O–H groups in total. The SMILES string of the molecule is CN(C)CC(C#N)(CCc1ccccc1)N(C)OC#N. The highest BCUT2D eigenvalue weighted by atomic mass is 16.7. The molecule has 0 heterocycles. The monoisotopic (exact) mass is 272 g/mol. The fraction of sp³-hybridized carbons (Fsp3) is 0.467. The van der Waals surface area contributed by atoms with Gasteiger partial charge in [-0.3, -0.25) is 0 Å². The van der Waals surface area contributed by atoms with Gasteiger partial charge in [-0.25, -0.2) is 0 Å². The maximum atomic E-state index is 9.59. The Bertz CT molecular complexity index is 489. The van der Waals surface area contributed by atoms with Gasteiger partial charge in [-0.1, -0.05) is 30.3 Å². The third-order valence-corrected chi connectivity index (χ3v) is 3.24. The lowest BCUT2D eigenvalue weighted by atomic mass is 9.92. The minimum Gasteiger partial charge on any atom is -0.326 e. The molecule has 5 heteroatoms. The average Bonchev–Trinajstić information content (AvgIpc) is 2.44. The first-order valence-electron chi connectivity index (χ1n) is 6.44. The molecule has 5 nitrogen and oxygen atoms in total. The van der Waals surface area contributed by atoms with Crippen LogP contribution in [0.15, 0.2) is 30.3 Å². The molecule has 0 aliphatic heterocycles. The zero-order valence-electron chi connectivity index (χ0n) is 12.2. The van der Waals surface area contributed by atoms with Gasteiger partial charge in [0, 0.05) is 13.6 Å². The summed E-state index contributed by atoms with van der Waals surface area (Å²) in [6.45, 7) is 0.495. The molecular weight excluding hydrogens is 252 g/mol. The van der Waals surface area contributed by atoms with Crippen LogP contribution < -0.4 is 0 Å². The summed E-state index contributed by atoms with van der Waals surface area (Å²) in [4.78, 5) is 6.80. The minimum absolute atomic E-state index is 0.495. The molecule has 1 aromatic carbocycles. The molecule has 1 aromatic rings. The average molecular weight is 272 g/mol. The summed E-state index contributed by atoms with van der Waals surface area (Å²) in [5, 5.41) is 19.6. The Morgan fingerprint density at radius 3 is 2.30 bits per heavy atom. The number of hydrogen-bond acceptors (Lipinski definition) is 5. The van der Waals surface area contributed by atoms with Crippen molar-refractivity contribution >= 4 is 0 Å². The summed E-state index contributed by atoms with van der Waals surface area (Å²) in [5.74, 6) is 0. The van der Waals surface area contributed by atoms with E-state index in [1.807, 2.05) is 49.3 Å². The van der Waals surface area contributed by atoms with Crippen molar-refractivity contribution in [3.05, 3.63) is 35.9 Å². The topological polar surface area (TPSA) is 63.3 Å². The van der Waals surface area contributed by atoms with Gasteiger partial charge in [-0.2, -0.15) is 5.26 Å². The van der Waals surface area contributed by atoms with Gasteiger partial charge >= 0.3 is 6.26 Å². The normalized spacial score (nSPS) is 13.6. The third kappa shape index (κ3) is 4.24. The number of benzene rings is 1. The summed E-state index contributed by atoms with van der Waals surface area (Å²) in [5.41, 5.74) is 0.311. The van der Waals surface area contributed by atoms with Crippen molar-refractivity contribution in [2.24, 2.45) is 0 Å². The molecule has 20 heavy (non-hydrogen) atoms. The van der Waals surface area contributed by atoms with E-state index in [1.165, 1.54) is 5.06 Å². The summed E-state index contributed by atoms with van der Waals surface area (Å²) in [6, 6.07) is 12.3. The van der Waals surface area contributed by atoms with E-state index < -0.39 is 5.54 Å². The molecule has 0 spiro atoms. The maximum absolute atomic E-state index is 9.59. The molecule has 0 aromatic heterocycles. The fourth-order valence-corrected chi connectivity index (χ4v) is 2.17. The molecule has 0 saturated heterocycles. The van der Waals surface area contributed by atoms with E-state index in [2.05, 4.69) is 6.07 Å². The van der Waals surface area contributed by atoms with E-state index in [0.717, 1.165) is 12.0 Å². The smallest absolute Gasteiger partial charge is 0.307 e. The van der Waals surface area contributed by atoms with Gasteiger partial charge in [0.2, 0.25) is 0 Å². The Hall–Kier alpha value is -2.08. The number of likely N-dealkylation sites (N-methyl/N-ethyl adjacent to an activating group) is 2. The van der Waals surface area contributed by atoms with E-state index in [1.54, 1.807) is 13.3 Å². The van der Waals surface area contributed by atoms with Crippen molar-refractivity contribution < 1.29 is 4.84 Å². The summed E-state index contributed by atoms with van der Waals surface area (Å²) < 4.78 is 0. The van der Waals surface area contributed by atoms with E-state index in [-0.39, 0.29) is 0 Å². The van der Waals surface area contributed by atoms with Crippen LogP contribution in [0.2, 0.25) is 0 Å². The van der Waals surface area contributed by atoms with Crippen molar-refractivity contribution in [3.8, 4) is 12.3 Å². The van der Waals surface area contributed by atoms with Crippen LogP contribution in [0.3, 0.4) is 0 Å². The van der Waals surface area contributed by atoms with E-state index in [9.17, 15) is 5.26 Å². The summed E-state index contributed by atoms with van der Waals surface area (Å²) in [6.07, 6.45) is 2.97. The molecule has 0 aliphatic carbocycles. The summed E-state index contributed by atoms with van der Waals surface area (Å²) >= 11 is 0. The Balaban J connectivity index is 2.87. The van der Waals surface area contributed by atoms with Gasteiger partial charge in [0.25, 0.3) is 0 Å². The predicted octanol–water partition coefficient (Wildman–Crippen LogP) is 1.79. The van der Waals surface area contributed by atoms with Crippen molar-refractivity contribution in [2.75, 3.05) is 27.7 Å². The number of aryl methyl sites for hydroxylation is 1. The lowest BCUT2D eigenvalue weighted by Gasteiger charge is -2.34. The minimum atomic E-state index is -0.852. The molecular formula is C15H20N4O. The first-order valence-corrected chi connectivity index (χ1v) is 6.44. The van der Waals surface area contributed by atoms with Gasteiger partial charge in [0.15, 0.2) is 5.54 Å².